The Morgan fingerprint density at radius 3 is 2.84 bits per heavy atom. The number of nitro groups is 1. The molecule has 1 aromatic carbocycles. The van der Waals surface area contributed by atoms with Gasteiger partial charge in [-0.15, -0.1) is 0 Å². The number of pyridine rings is 1. The van der Waals surface area contributed by atoms with Crippen LogP contribution in [0.4, 0.5) is 5.69 Å². The fourth-order valence-corrected chi connectivity index (χ4v) is 5.39. The Hall–Kier alpha value is -4.35. The molecular formula is C26H19ClN4O6S. The topological polar surface area (TPSA) is 130 Å². The predicted molar refractivity (Wildman–Crippen MR) is 140 cm³/mol. The van der Waals surface area contributed by atoms with Gasteiger partial charge in [0.05, 0.1) is 32.4 Å². The van der Waals surface area contributed by atoms with Gasteiger partial charge in [-0.05, 0) is 49.8 Å². The summed E-state index contributed by atoms with van der Waals surface area (Å²) in [5, 5.41) is 11.5. The number of rotatable bonds is 6. The molecule has 12 heteroatoms. The minimum atomic E-state index is -0.979. The quantitative estimate of drug-likeness (QED) is 0.201. The molecule has 0 bridgehead atoms. The lowest BCUT2D eigenvalue weighted by molar-refractivity contribution is -0.384. The molecule has 0 saturated carbocycles. The Balaban J connectivity index is 1.70. The molecule has 1 atom stereocenters. The van der Waals surface area contributed by atoms with E-state index in [1.54, 1.807) is 50.5 Å². The summed E-state index contributed by atoms with van der Waals surface area (Å²) >= 11 is 7.49. The van der Waals surface area contributed by atoms with E-state index in [1.165, 1.54) is 34.1 Å². The number of hydrogen-bond acceptors (Lipinski definition) is 9. The summed E-state index contributed by atoms with van der Waals surface area (Å²) in [6.45, 7) is 3.47. The van der Waals surface area contributed by atoms with Crippen molar-refractivity contribution < 1.29 is 18.9 Å². The predicted octanol–water partition coefficient (Wildman–Crippen LogP) is 4.01. The summed E-state index contributed by atoms with van der Waals surface area (Å²) in [4.78, 5) is 46.4. The first kappa shape index (κ1) is 25.3. The van der Waals surface area contributed by atoms with Gasteiger partial charge >= 0.3 is 5.97 Å². The molecule has 0 saturated heterocycles. The maximum atomic E-state index is 13.6. The summed E-state index contributed by atoms with van der Waals surface area (Å²) in [6.07, 6.45) is 4.97. The number of carbonyl (C=O) groups excluding carboxylic acids is 1. The summed E-state index contributed by atoms with van der Waals surface area (Å²) in [5.74, 6) is -0.148. The van der Waals surface area contributed by atoms with Gasteiger partial charge in [0, 0.05) is 30.1 Å². The van der Waals surface area contributed by atoms with E-state index in [0.29, 0.717) is 20.6 Å². The summed E-state index contributed by atoms with van der Waals surface area (Å²) in [7, 11) is 0. The highest BCUT2D eigenvalue weighted by Crippen LogP contribution is 2.37. The Morgan fingerprint density at radius 2 is 2.13 bits per heavy atom. The minimum Gasteiger partial charge on any atom is -0.463 e. The molecule has 38 heavy (non-hydrogen) atoms. The van der Waals surface area contributed by atoms with Crippen LogP contribution >= 0.6 is 22.9 Å². The zero-order chi connectivity index (χ0) is 27.0. The van der Waals surface area contributed by atoms with Gasteiger partial charge < -0.3 is 9.15 Å². The van der Waals surface area contributed by atoms with Crippen LogP contribution in [0.1, 0.15) is 31.2 Å². The minimum absolute atomic E-state index is 0.125. The Labute approximate surface area is 224 Å². The first-order valence-corrected chi connectivity index (χ1v) is 12.6. The molecule has 0 aliphatic carbocycles. The van der Waals surface area contributed by atoms with Crippen molar-refractivity contribution in [2.75, 3.05) is 6.61 Å². The van der Waals surface area contributed by atoms with Crippen LogP contribution in [0.5, 0.6) is 0 Å². The molecule has 192 valence electrons. The number of non-ortho nitro benzene ring substituents is 1. The second-order valence-corrected chi connectivity index (χ2v) is 9.63. The van der Waals surface area contributed by atoms with Gasteiger partial charge in [-0.3, -0.25) is 24.5 Å². The Kier molecular flexibility index (Phi) is 6.79. The van der Waals surface area contributed by atoms with E-state index >= 15 is 0 Å². The maximum Gasteiger partial charge on any atom is 0.338 e. The van der Waals surface area contributed by atoms with Crippen LogP contribution in [0.15, 0.2) is 80.3 Å². The van der Waals surface area contributed by atoms with Gasteiger partial charge in [-0.1, -0.05) is 29.0 Å². The van der Waals surface area contributed by atoms with Crippen molar-refractivity contribution in [1.82, 2.24) is 9.55 Å². The number of thiazole rings is 1. The Bertz CT molecular complexity index is 1790. The van der Waals surface area contributed by atoms with Crippen LogP contribution in [0.25, 0.3) is 17.4 Å². The second-order valence-electron chi connectivity index (χ2n) is 8.21. The molecule has 0 unspecified atom stereocenters. The van der Waals surface area contributed by atoms with Crippen molar-refractivity contribution in [1.29, 1.82) is 0 Å². The van der Waals surface area contributed by atoms with Gasteiger partial charge in [0.1, 0.15) is 17.6 Å². The van der Waals surface area contributed by atoms with Crippen molar-refractivity contribution in [3.63, 3.8) is 0 Å². The summed E-state index contributed by atoms with van der Waals surface area (Å²) < 4.78 is 13.2. The zero-order valence-corrected chi connectivity index (χ0v) is 21.7. The number of hydrogen-bond donors (Lipinski definition) is 0. The third-order valence-corrected chi connectivity index (χ3v) is 7.13. The van der Waals surface area contributed by atoms with Crippen LogP contribution in [-0.2, 0) is 9.53 Å². The third kappa shape index (κ3) is 4.57. The summed E-state index contributed by atoms with van der Waals surface area (Å²) in [5.41, 5.74) is 1.04. The smallest absolute Gasteiger partial charge is 0.338 e. The lowest BCUT2D eigenvalue weighted by Crippen LogP contribution is -2.39. The van der Waals surface area contributed by atoms with Crippen LogP contribution in [0, 0.1) is 10.1 Å². The molecule has 10 nitrogen and oxygen atoms in total. The van der Waals surface area contributed by atoms with E-state index in [2.05, 4.69) is 9.98 Å². The molecule has 4 aromatic rings. The van der Waals surface area contributed by atoms with Crippen LogP contribution in [-0.4, -0.2) is 27.1 Å². The van der Waals surface area contributed by atoms with E-state index in [-0.39, 0.29) is 40.0 Å². The fraction of sp³-hybridized carbons (Fsp3) is 0.154. The number of nitrogens with zero attached hydrogens (tertiary/aromatic N) is 4. The van der Waals surface area contributed by atoms with Crippen molar-refractivity contribution in [3.8, 4) is 11.3 Å². The number of esters is 1. The maximum absolute atomic E-state index is 13.6. The number of carbonyl (C=O) groups is 1. The van der Waals surface area contributed by atoms with Crippen LogP contribution < -0.4 is 14.9 Å². The highest BCUT2D eigenvalue weighted by molar-refractivity contribution is 7.07. The van der Waals surface area contributed by atoms with Gasteiger partial charge in [0.15, 0.2) is 4.80 Å². The van der Waals surface area contributed by atoms with Crippen molar-refractivity contribution in [2.45, 2.75) is 19.9 Å². The number of ether oxygens (including phenoxy) is 1. The van der Waals surface area contributed by atoms with E-state index in [0.717, 1.165) is 5.56 Å². The summed E-state index contributed by atoms with van der Waals surface area (Å²) in [6, 6.07) is 9.80. The van der Waals surface area contributed by atoms with Crippen molar-refractivity contribution in [2.24, 2.45) is 4.99 Å². The van der Waals surface area contributed by atoms with E-state index in [1.807, 2.05) is 6.07 Å². The highest BCUT2D eigenvalue weighted by atomic mass is 35.5. The number of allylic oxidation sites excluding steroid dienone is 1. The molecular weight excluding hydrogens is 532 g/mol. The van der Waals surface area contributed by atoms with Crippen molar-refractivity contribution >= 4 is 40.7 Å². The number of furan rings is 1. The number of benzene rings is 1. The second kappa shape index (κ2) is 10.2. The molecule has 5 rings (SSSR count). The SMILES string of the molecule is CCOC(=O)C1=C(C)N=c2s/c(=C\c3cccnc3)c(=O)n2[C@@H]1c1ccc(-c2cc([N+](=O)[O-])ccc2Cl)o1. The molecule has 0 amide bonds. The monoisotopic (exact) mass is 550 g/mol. The van der Waals surface area contributed by atoms with Crippen LogP contribution in [0.2, 0.25) is 5.02 Å². The number of halogens is 1. The lowest BCUT2D eigenvalue weighted by atomic mass is 10.0. The number of aromatic nitrogens is 2. The average molecular weight is 551 g/mol. The third-order valence-electron chi connectivity index (χ3n) is 5.82. The van der Waals surface area contributed by atoms with E-state index < -0.39 is 16.9 Å². The Morgan fingerprint density at radius 1 is 1.32 bits per heavy atom. The van der Waals surface area contributed by atoms with Crippen LogP contribution in [0.3, 0.4) is 0 Å². The molecule has 3 aromatic heterocycles. The van der Waals surface area contributed by atoms with Gasteiger partial charge in [-0.2, -0.15) is 0 Å². The molecule has 0 radical (unpaired) electrons. The fourth-order valence-electron chi connectivity index (χ4n) is 4.13. The average Bonchev–Trinajstić information content (AvgIpc) is 3.49. The number of nitro benzene ring substituents is 1. The molecule has 0 fully saturated rings. The molecule has 1 aliphatic rings. The van der Waals surface area contributed by atoms with E-state index in [9.17, 15) is 19.7 Å². The zero-order valence-electron chi connectivity index (χ0n) is 20.1. The van der Waals surface area contributed by atoms with Gasteiger partial charge in [-0.25, -0.2) is 9.79 Å². The molecule has 0 spiro atoms. The van der Waals surface area contributed by atoms with Gasteiger partial charge in [0.2, 0.25) is 0 Å². The standard InChI is InChI=1S/C26H19ClN4O6S/c1-3-36-25(33)22-14(2)29-26-30(24(32)21(38-26)11-15-5-4-10-28-13-15)23(22)20-9-8-19(37-20)17-12-16(31(34)35)6-7-18(17)27/h4-13,23H,3H2,1-2H3/b21-11-/t23-/m1/s1. The van der Waals surface area contributed by atoms with Crippen molar-refractivity contribution in [3.05, 3.63) is 112 Å². The highest BCUT2D eigenvalue weighted by Gasteiger charge is 2.35. The molecule has 1 aliphatic heterocycles. The first-order valence-electron chi connectivity index (χ1n) is 11.4. The van der Waals surface area contributed by atoms with Gasteiger partial charge in [0.25, 0.3) is 11.2 Å². The largest absolute Gasteiger partial charge is 0.463 e. The van der Waals surface area contributed by atoms with E-state index in [4.69, 9.17) is 20.8 Å². The molecule has 4 heterocycles. The lowest BCUT2D eigenvalue weighted by Gasteiger charge is -2.22. The molecule has 0 N–H and O–H groups in total. The number of fused-ring (bicyclic) bond motifs is 1. The first-order chi connectivity index (χ1) is 18.3. The normalized spacial score (nSPS) is 15.2.